The number of rotatable bonds is 6. The highest BCUT2D eigenvalue weighted by molar-refractivity contribution is 5.96. The first-order valence-corrected chi connectivity index (χ1v) is 8.68. The molecule has 2 N–H and O–H groups in total. The van der Waals surface area contributed by atoms with Gasteiger partial charge in [-0.1, -0.05) is 12.1 Å². The predicted molar refractivity (Wildman–Crippen MR) is 111 cm³/mol. The minimum atomic E-state index is -0.473. The third kappa shape index (κ3) is 5.19. The van der Waals surface area contributed by atoms with Gasteiger partial charge in [0, 0.05) is 24.9 Å². The fourth-order valence-electron chi connectivity index (χ4n) is 3.33. The van der Waals surface area contributed by atoms with Gasteiger partial charge in [-0.05, 0) is 45.0 Å². The van der Waals surface area contributed by atoms with Crippen molar-refractivity contribution in [2.24, 2.45) is 5.41 Å². The van der Waals surface area contributed by atoms with Crippen LogP contribution >= 0.6 is 24.8 Å². The highest BCUT2D eigenvalue weighted by atomic mass is 35.5. The maximum Gasteiger partial charge on any atom is 0.233 e. The third-order valence-electron chi connectivity index (χ3n) is 4.80. The van der Waals surface area contributed by atoms with Crippen LogP contribution < -0.4 is 10.6 Å². The summed E-state index contributed by atoms with van der Waals surface area (Å²) >= 11 is 0. The summed E-state index contributed by atoms with van der Waals surface area (Å²) in [5.41, 5.74) is 1.23. The number of anilines is 1. The summed E-state index contributed by atoms with van der Waals surface area (Å²) in [4.78, 5) is 12.9. The first-order chi connectivity index (χ1) is 12.2. The summed E-state index contributed by atoms with van der Waals surface area (Å²) in [6.07, 6.45) is 3.26. The van der Waals surface area contributed by atoms with E-state index in [2.05, 4.69) is 20.8 Å². The molecule has 1 fully saturated rings. The van der Waals surface area contributed by atoms with E-state index in [-0.39, 0.29) is 30.7 Å². The van der Waals surface area contributed by atoms with E-state index >= 15 is 0 Å². The number of piperidine rings is 1. The van der Waals surface area contributed by atoms with Crippen LogP contribution in [-0.2, 0) is 16.1 Å². The van der Waals surface area contributed by atoms with Crippen LogP contribution in [0, 0.1) is 5.41 Å². The van der Waals surface area contributed by atoms with Gasteiger partial charge in [-0.25, -0.2) is 0 Å². The highest BCUT2D eigenvalue weighted by Gasteiger charge is 2.39. The first kappa shape index (κ1) is 23.4. The molecule has 2 heterocycles. The van der Waals surface area contributed by atoms with E-state index in [0.29, 0.717) is 6.61 Å². The molecule has 9 heteroatoms. The van der Waals surface area contributed by atoms with Crippen molar-refractivity contribution < 1.29 is 9.53 Å². The van der Waals surface area contributed by atoms with E-state index in [4.69, 9.17) is 4.74 Å². The molecule has 1 aliphatic heterocycles. The maximum atomic E-state index is 12.9. The summed E-state index contributed by atoms with van der Waals surface area (Å²) in [5, 5.41) is 14.5. The van der Waals surface area contributed by atoms with Crippen molar-refractivity contribution in [3.8, 4) is 11.4 Å². The minimum Gasteiger partial charge on any atom is -0.384 e. The highest BCUT2D eigenvalue weighted by Crippen LogP contribution is 2.31. The van der Waals surface area contributed by atoms with Gasteiger partial charge in [-0.15, -0.1) is 35.0 Å². The average Bonchev–Trinajstić information content (AvgIpc) is 3.12. The van der Waals surface area contributed by atoms with Crippen molar-refractivity contribution in [3.05, 3.63) is 30.6 Å². The zero-order valence-corrected chi connectivity index (χ0v) is 17.2. The number of aromatic nitrogens is 3. The molecule has 3 rings (SSSR count). The van der Waals surface area contributed by atoms with Gasteiger partial charge in [-0.3, -0.25) is 4.79 Å². The number of carbonyl (C=O) groups is 1. The molecule has 150 valence electrons. The lowest BCUT2D eigenvalue weighted by molar-refractivity contribution is -0.130. The number of hydrogen-bond acceptors (Lipinski definition) is 5. The van der Waals surface area contributed by atoms with E-state index in [1.54, 1.807) is 13.4 Å². The molecule has 0 atom stereocenters. The number of hydrogen-bond donors (Lipinski definition) is 2. The van der Waals surface area contributed by atoms with Crippen LogP contribution in [0.4, 0.5) is 5.69 Å². The summed E-state index contributed by atoms with van der Waals surface area (Å²) < 4.78 is 7.32. The Balaban J connectivity index is 0.00000182. The Morgan fingerprint density at radius 2 is 2.07 bits per heavy atom. The molecule has 0 radical (unpaired) electrons. The molecule has 1 aromatic carbocycles. The normalized spacial score (nSPS) is 15.3. The SMILES string of the molecule is CCn1cnnc1-c1cccc(NC(=O)C2(COC)CCNCC2)c1.Cl.Cl. The van der Waals surface area contributed by atoms with Crippen molar-refractivity contribution in [1.29, 1.82) is 0 Å². The summed E-state index contributed by atoms with van der Waals surface area (Å²) in [7, 11) is 1.65. The average molecular weight is 416 g/mol. The summed E-state index contributed by atoms with van der Waals surface area (Å²) in [6, 6.07) is 7.73. The van der Waals surface area contributed by atoms with Crippen LogP contribution in [0.5, 0.6) is 0 Å². The van der Waals surface area contributed by atoms with E-state index in [0.717, 1.165) is 49.6 Å². The lowest BCUT2D eigenvalue weighted by atomic mass is 9.78. The van der Waals surface area contributed by atoms with Crippen LogP contribution in [0.1, 0.15) is 19.8 Å². The van der Waals surface area contributed by atoms with Gasteiger partial charge in [0.1, 0.15) is 6.33 Å². The monoisotopic (exact) mass is 415 g/mol. The van der Waals surface area contributed by atoms with E-state index in [1.165, 1.54) is 0 Å². The zero-order valence-electron chi connectivity index (χ0n) is 15.6. The molecule has 1 amide bonds. The van der Waals surface area contributed by atoms with E-state index < -0.39 is 5.41 Å². The molecule has 1 saturated heterocycles. The standard InChI is InChI=1S/C18H25N5O2.2ClH/c1-3-23-13-20-22-16(23)14-5-4-6-15(11-14)21-17(24)18(12-25-2)7-9-19-10-8-18;;/h4-6,11,13,19H,3,7-10,12H2,1-2H3,(H,21,24);2*1H. The van der Waals surface area contributed by atoms with Crippen LogP contribution in [-0.4, -0.2) is 47.5 Å². The third-order valence-corrected chi connectivity index (χ3v) is 4.80. The number of halogens is 2. The van der Waals surface area contributed by atoms with Gasteiger partial charge in [-0.2, -0.15) is 0 Å². The molecular weight excluding hydrogens is 389 g/mol. The predicted octanol–water partition coefficient (Wildman–Crippen LogP) is 2.76. The number of nitrogens with one attached hydrogen (secondary N) is 2. The molecule has 0 saturated carbocycles. The number of carbonyl (C=O) groups excluding carboxylic acids is 1. The topological polar surface area (TPSA) is 81.1 Å². The molecule has 7 nitrogen and oxygen atoms in total. The Labute approximate surface area is 172 Å². The van der Waals surface area contributed by atoms with Gasteiger partial charge >= 0.3 is 0 Å². The number of aryl methyl sites for hydroxylation is 1. The minimum absolute atomic E-state index is 0. The van der Waals surface area contributed by atoms with Gasteiger partial charge < -0.3 is 19.9 Å². The van der Waals surface area contributed by atoms with Gasteiger partial charge in [0.2, 0.25) is 5.91 Å². The van der Waals surface area contributed by atoms with Crippen molar-refractivity contribution in [1.82, 2.24) is 20.1 Å². The number of nitrogens with zero attached hydrogens (tertiary/aromatic N) is 3. The lowest BCUT2D eigenvalue weighted by Gasteiger charge is -2.35. The number of ether oxygens (including phenoxy) is 1. The van der Waals surface area contributed by atoms with Gasteiger partial charge in [0.05, 0.1) is 12.0 Å². The number of benzene rings is 1. The fourth-order valence-corrected chi connectivity index (χ4v) is 3.33. The van der Waals surface area contributed by atoms with Crippen molar-refractivity contribution in [2.45, 2.75) is 26.3 Å². The Bertz CT molecular complexity index is 727. The van der Waals surface area contributed by atoms with Crippen molar-refractivity contribution in [3.63, 3.8) is 0 Å². The van der Waals surface area contributed by atoms with Crippen molar-refractivity contribution in [2.75, 3.05) is 32.1 Å². The number of amides is 1. The van der Waals surface area contributed by atoms with Gasteiger partial charge in [0.15, 0.2) is 5.82 Å². The fraction of sp³-hybridized carbons (Fsp3) is 0.500. The molecule has 0 bridgehead atoms. The molecule has 2 aromatic rings. The molecule has 0 aliphatic carbocycles. The summed E-state index contributed by atoms with van der Waals surface area (Å²) in [6.45, 7) is 4.93. The Morgan fingerprint density at radius 1 is 1.33 bits per heavy atom. The van der Waals surface area contributed by atoms with Crippen LogP contribution in [0.3, 0.4) is 0 Å². The van der Waals surface area contributed by atoms with Gasteiger partial charge in [0.25, 0.3) is 0 Å². The summed E-state index contributed by atoms with van der Waals surface area (Å²) in [5.74, 6) is 0.817. The van der Waals surface area contributed by atoms with Crippen molar-refractivity contribution >= 4 is 36.4 Å². The second kappa shape index (κ2) is 10.6. The Morgan fingerprint density at radius 3 is 2.74 bits per heavy atom. The zero-order chi connectivity index (χ0) is 17.7. The largest absolute Gasteiger partial charge is 0.384 e. The quantitative estimate of drug-likeness (QED) is 0.757. The number of methoxy groups -OCH3 is 1. The van der Waals surface area contributed by atoms with E-state index in [9.17, 15) is 4.79 Å². The Hall–Kier alpha value is -1.67. The molecule has 1 aliphatic rings. The Kier molecular flexibility index (Phi) is 9.18. The maximum absolute atomic E-state index is 12.9. The second-order valence-electron chi connectivity index (χ2n) is 6.44. The van der Waals surface area contributed by atoms with E-state index in [1.807, 2.05) is 35.8 Å². The van der Waals surface area contributed by atoms with Crippen LogP contribution in [0.25, 0.3) is 11.4 Å². The molecule has 0 spiro atoms. The molecular formula is C18H27Cl2N5O2. The molecule has 27 heavy (non-hydrogen) atoms. The second-order valence-corrected chi connectivity index (χ2v) is 6.44. The molecule has 1 aromatic heterocycles. The lowest BCUT2D eigenvalue weighted by Crippen LogP contribution is -2.47. The van der Waals surface area contributed by atoms with Crippen LogP contribution in [0.2, 0.25) is 0 Å². The first-order valence-electron chi connectivity index (χ1n) is 8.68. The van der Waals surface area contributed by atoms with Crippen LogP contribution in [0.15, 0.2) is 30.6 Å². The molecule has 0 unspecified atom stereocenters. The smallest absolute Gasteiger partial charge is 0.233 e.